The van der Waals surface area contributed by atoms with Crippen LogP contribution in [0.2, 0.25) is 0 Å². The lowest BCUT2D eigenvalue weighted by Crippen LogP contribution is -2.59. The molecule has 216 valence electrons. The highest BCUT2D eigenvalue weighted by atomic mass is 16.2. The monoisotopic (exact) mass is 543 g/mol. The fraction of sp³-hybridized carbons (Fsp3) is 0.621. The number of rotatable bonds is 7. The van der Waals surface area contributed by atoms with Gasteiger partial charge in [0.05, 0.1) is 0 Å². The summed E-state index contributed by atoms with van der Waals surface area (Å²) in [5.41, 5.74) is 0.825. The first-order valence-corrected chi connectivity index (χ1v) is 13.8. The molecule has 1 heterocycles. The molecule has 0 saturated carbocycles. The van der Waals surface area contributed by atoms with Crippen molar-refractivity contribution in [2.75, 3.05) is 0 Å². The smallest absolute Gasteiger partial charge is 0.243 e. The summed E-state index contributed by atoms with van der Waals surface area (Å²) in [5.74, 6) is -2.73. The molecular weight excluding hydrogens is 498 g/mol. The van der Waals surface area contributed by atoms with E-state index in [0.29, 0.717) is 12.8 Å². The average Bonchev–Trinajstić information content (AvgIpc) is 2.85. The van der Waals surface area contributed by atoms with Gasteiger partial charge in [-0.15, -0.1) is 0 Å². The van der Waals surface area contributed by atoms with Crippen LogP contribution in [0.5, 0.6) is 0 Å². The van der Waals surface area contributed by atoms with Crippen LogP contribution >= 0.6 is 0 Å². The second kappa shape index (κ2) is 14.6. The van der Waals surface area contributed by atoms with E-state index in [4.69, 9.17) is 0 Å². The standard InChI is InChI=1S/C29H45N5O5/c1-16(2)13-21-26(36)30-19(7)25(35)31-22(14-17(3)4)27(37)32-23(15-20-11-9-8-10-12-20)28(38)34-24(18(5)6)29(39)33-21/h8-12,16-19,21-24H,13-15H2,1-7H3,(H,30,36)(H,31,35)(H,32,37)(H,33,39)(H,34,38)/t19-,21-,22-,23-,24-/m0/s1. The maximum atomic E-state index is 13.6. The Morgan fingerprint density at radius 3 is 1.56 bits per heavy atom. The van der Waals surface area contributed by atoms with Crippen molar-refractivity contribution in [2.45, 2.75) is 97.9 Å². The number of benzene rings is 1. The molecule has 0 aromatic heterocycles. The van der Waals surface area contributed by atoms with Gasteiger partial charge in [-0.05, 0) is 43.1 Å². The van der Waals surface area contributed by atoms with Crippen LogP contribution in [0.3, 0.4) is 0 Å². The minimum atomic E-state index is -0.991. The van der Waals surface area contributed by atoms with Crippen molar-refractivity contribution < 1.29 is 24.0 Å². The number of carbonyl (C=O) groups is 5. The molecule has 10 nitrogen and oxygen atoms in total. The van der Waals surface area contributed by atoms with Crippen LogP contribution < -0.4 is 26.6 Å². The third-order valence-corrected chi connectivity index (χ3v) is 6.59. The van der Waals surface area contributed by atoms with Crippen molar-refractivity contribution in [3.8, 4) is 0 Å². The zero-order valence-corrected chi connectivity index (χ0v) is 24.2. The van der Waals surface area contributed by atoms with Gasteiger partial charge in [0.1, 0.15) is 30.2 Å². The molecule has 10 heteroatoms. The zero-order chi connectivity index (χ0) is 29.3. The topological polar surface area (TPSA) is 146 Å². The van der Waals surface area contributed by atoms with Gasteiger partial charge in [0.25, 0.3) is 0 Å². The Kier molecular flexibility index (Phi) is 11.9. The normalized spacial score (nSPS) is 25.8. The molecule has 39 heavy (non-hydrogen) atoms. The predicted molar refractivity (Wildman–Crippen MR) is 149 cm³/mol. The third-order valence-electron chi connectivity index (χ3n) is 6.59. The van der Waals surface area contributed by atoms with Crippen LogP contribution in [0.4, 0.5) is 0 Å². The van der Waals surface area contributed by atoms with E-state index < -0.39 is 59.7 Å². The van der Waals surface area contributed by atoms with Gasteiger partial charge in [0.2, 0.25) is 29.5 Å². The number of carbonyl (C=O) groups excluding carboxylic acids is 5. The fourth-order valence-electron chi connectivity index (χ4n) is 4.46. The summed E-state index contributed by atoms with van der Waals surface area (Å²) in [7, 11) is 0. The molecular formula is C29H45N5O5. The molecule has 1 aromatic rings. The molecule has 0 radical (unpaired) electrons. The summed E-state index contributed by atoms with van der Waals surface area (Å²) in [5, 5.41) is 13.8. The second-order valence-corrected chi connectivity index (χ2v) is 11.6. The first kappa shape index (κ1) is 31.8. The molecule has 1 fully saturated rings. The van der Waals surface area contributed by atoms with Gasteiger partial charge in [0.15, 0.2) is 0 Å². The Balaban J connectivity index is 2.51. The van der Waals surface area contributed by atoms with Crippen LogP contribution in [0, 0.1) is 17.8 Å². The molecule has 1 aromatic carbocycles. The van der Waals surface area contributed by atoms with Gasteiger partial charge < -0.3 is 26.6 Å². The fourth-order valence-corrected chi connectivity index (χ4v) is 4.46. The largest absolute Gasteiger partial charge is 0.343 e. The molecule has 0 unspecified atom stereocenters. The molecule has 5 atom stereocenters. The first-order valence-electron chi connectivity index (χ1n) is 13.8. The number of amides is 5. The Bertz CT molecular complexity index is 1010. The lowest BCUT2D eigenvalue weighted by molar-refractivity contribution is -0.134. The van der Waals surface area contributed by atoms with E-state index in [1.807, 2.05) is 58.0 Å². The maximum absolute atomic E-state index is 13.6. The maximum Gasteiger partial charge on any atom is 0.243 e. The molecule has 5 amide bonds. The van der Waals surface area contributed by atoms with E-state index in [0.717, 1.165) is 5.56 Å². The van der Waals surface area contributed by atoms with Crippen LogP contribution in [0.15, 0.2) is 30.3 Å². The average molecular weight is 544 g/mol. The highest BCUT2D eigenvalue weighted by Crippen LogP contribution is 2.12. The Morgan fingerprint density at radius 1 is 0.590 bits per heavy atom. The van der Waals surface area contributed by atoms with Crippen molar-refractivity contribution in [3.05, 3.63) is 35.9 Å². The van der Waals surface area contributed by atoms with Gasteiger partial charge in [-0.25, -0.2) is 0 Å². The lowest BCUT2D eigenvalue weighted by atomic mass is 9.98. The van der Waals surface area contributed by atoms with Crippen LogP contribution in [0.1, 0.15) is 66.9 Å². The molecule has 2 rings (SSSR count). The van der Waals surface area contributed by atoms with E-state index in [1.165, 1.54) is 6.92 Å². The summed E-state index contributed by atoms with van der Waals surface area (Å²) < 4.78 is 0. The van der Waals surface area contributed by atoms with Gasteiger partial charge in [-0.1, -0.05) is 71.9 Å². The van der Waals surface area contributed by atoms with Crippen molar-refractivity contribution in [1.29, 1.82) is 0 Å². The van der Waals surface area contributed by atoms with Gasteiger partial charge in [-0.3, -0.25) is 24.0 Å². The number of hydrogen-bond acceptors (Lipinski definition) is 5. The molecule has 0 aliphatic carbocycles. The van der Waals surface area contributed by atoms with Crippen LogP contribution in [-0.4, -0.2) is 59.7 Å². The highest BCUT2D eigenvalue weighted by Gasteiger charge is 2.35. The zero-order valence-electron chi connectivity index (χ0n) is 24.2. The SMILES string of the molecule is CC(C)C[C@@H]1NC(=O)[C@H](C)NC(=O)[C@H](CC(C)C)NC(=O)[C@H](C(C)C)NC(=O)[C@H](Cc2ccccc2)NC1=O. The molecule has 0 bridgehead atoms. The predicted octanol–water partition coefficient (Wildman–Crippen LogP) is 1.43. The van der Waals surface area contributed by atoms with Gasteiger partial charge in [0, 0.05) is 6.42 Å². The summed E-state index contributed by atoms with van der Waals surface area (Å²) in [6, 6.07) is 4.55. The van der Waals surface area contributed by atoms with E-state index in [1.54, 1.807) is 13.8 Å². The Hall–Kier alpha value is -3.43. The number of hydrogen-bond donors (Lipinski definition) is 5. The minimum Gasteiger partial charge on any atom is -0.343 e. The second-order valence-electron chi connectivity index (χ2n) is 11.6. The third kappa shape index (κ3) is 10.00. The molecule has 5 N–H and O–H groups in total. The quantitative estimate of drug-likeness (QED) is 0.353. The van der Waals surface area contributed by atoms with E-state index in [-0.39, 0.29) is 24.2 Å². The highest BCUT2D eigenvalue weighted by molar-refractivity contribution is 5.97. The molecule has 1 aliphatic rings. The van der Waals surface area contributed by atoms with E-state index in [9.17, 15) is 24.0 Å². The molecule has 0 spiro atoms. The molecule has 1 saturated heterocycles. The Labute approximate surface area is 231 Å². The molecule has 1 aliphatic heterocycles. The minimum absolute atomic E-state index is 0.0667. The van der Waals surface area contributed by atoms with Crippen molar-refractivity contribution in [2.24, 2.45) is 17.8 Å². The van der Waals surface area contributed by atoms with Gasteiger partial charge in [-0.2, -0.15) is 0 Å². The Morgan fingerprint density at radius 2 is 1.05 bits per heavy atom. The van der Waals surface area contributed by atoms with Crippen molar-refractivity contribution >= 4 is 29.5 Å². The van der Waals surface area contributed by atoms with Crippen molar-refractivity contribution in [3.63, 3.8) is 0 Å². The summed E-state index contributed by atoms with van der Waals surface area (Å²) in [6.45, 7) is 12.8. The van der Waals surface area contributed by atoms with Crippen LogP contribution in [-0.2, 0) is 30.4 Å². The summed E-state index contributed by atoms with van der Waals surface area (Å²) in [6.07, 6.45) is 0.874. The summed E-state index contributed by atoms with van der Waals surface area (Å²) >= 11 is 0. The summed E-state index contributed by atoms with van der Waals surface area (Å²) in [4.78, 5) is 66.5. The van der Waals surface area contributed by atoms with E-state index >= 15 is 0 Å². The lowest BCUT2D eigenvalue weighted by Gasteiger charge is -2.28. The van der Waals surface area contributed by atoms with Crippen LogP contribution in [0.25, 0.3) is 0 Å². The van der Waals surface area contributed by atoms with Gasteiger partial charge >= 0.3 is 0 Å². The van der Waals surface area contributed by atoms with Crippen molar-refractivity contribution in [1.82, 2.24) is 26.6 Å². The number of nitrogens with one attached hydrogen (secondary N) is 5. The van der Waals surface area contributed by atoms with E-state index in [2.05, 4.69) is 26.6 Å². The first-order chi connectivity index (χ1) is 18.3.